The Kier molecular flexibility index (Phi) is 3.42. The van der Waals surface area contributed by atoms with E-state index in [1.807, 2.05) is 6.07 Å². The Morgan fingerprint density at radius 1 is 1.35 bits per heavy atom. The van der Waals surface area contributed by atoms with Crippen molar-refractivity contribution < 1.29 is 23.7 Å². The molecule has 0 saturated carbocycles. The van der Waals surface area contributed by atoms with Crippen molar-refractivity contribution in [3.63, 3.8) is 0 Å². The van der Waals surface area contributed by atoms with E-state index >= 15 is 0 Å². The van der Waals surface area contributed by atoms with Crippen LogP contribution in [-0.4, -0.2) is 55.0 Å². The molecule has 6 heteroatoms. The summed E-state index contributed by atoms with van der Waals surface area (Å²) in [6.07, 6.45) is -1.29. The minimum Gasteiger partial charge on any atom is -0.624 e. The molecule has 0 unspecified atom stereocenters. The van der Waals surface area contributed by atoms with Crippen LogP contribution in [0, 0.1) is 5.21 Å². The molecule has 0 bridgehead atoms. The molecule has 0 spiro atoms. The predicted octanol–water partition coefficient (Wildman–Crippen LogP) is 0.591. The fraction of sp³-hybridized carbons (Fsp3) is 0.429. The van der Waals surface area contributed by atoms with Crippen molar-refractivity contribution in [3.05, 3.63) is 41.1 Å². The number of hydrogen-bond donors (Lipinski definition) is 0. The molecular formula is C14H15NO5. The topological polar surface area (TPSA) is 70.8 Å². The molecule has 1 aromatic rings. The minimum absolute atomic E-state index is 0.217. The van der Waals surface area contributed by atoms with E-state index in [0.29, 0.717) is 11.3 Å². The van der Waals surface area contributed by atoms with E-state index in [2.05, 4.69) is 0 Å². The summed E-state index contributed by atoms with van der Waals surface area (Å²) in [5, 5.41) is 11.4. The smallest absolute Gasteiger partial charge is 0.338 e. The summed E-state index contributed by atoms with van der Waals surface area (Å²) in [6, 6.07) is 8.75. The van der Waals surface area contributed by atoms with Crippen LogP contribution in [0.2, 0.25) is 0 Å². The maximum Gasteiger partial charge on any atom is 0.338 e. The Morgan fingerprint density at radius 3 is 2.80 bits per heavy atom. The van der Waals surface area contributed by atoms with Gasteiger partial charge in [0, 0.05) is 0 Å². The molecule has 106 valence electrons. The lowest BCUT2D eigenvalue weighted by atomic mass is 10.1. The maximum absolute atomic E-state index is 12.0. The molecule has 2 fully saturated rings. The second kappa shape index (κ2) is 5.22. The molecule has 3 atom stereocenters. The standard InChI is InChI=1S/C14H15NO5/c1-15(17)10-7-18-13-11(8-19-12(10)13)20-14(16)9-5-3-2-4-6-9/h2-6,11-13H,7-8H2,1H3/b15-10+/t11-,12-,13-/m1/s1. The molecule has 0 aromatic heterocycles. The molecule has 2 heterocycles. The average molecular weight is 277 g/mol. The van der Waals surface area contributed by atoms with Crippen molar-refractivity contribution >= 4 is 11.7 Å². The highest BCUT2D eigenvalue weighted by atomic mass is 16.6. The zero-order chi connectivity index (χ0) is 14.1. The number of rotatable bonds is 2. The number of nitrogens with zero attached hydrogens (tertiary/aromatic N) is 1. The van der Waals surface area contributed by atoms with E-state index in [9.17, 15) is 10.0 Å². The molecule has 0 radical (unpaired) electrons. The first-order chi connectivity index (χ1) is 9.66. The number of benzene rings is 1. The van der Waals surface area contributed by atoms with Gasteiger partial charge in [0.15, 0.2) is 12.2 Å². The third-order valence-corrected chi connectivity index (χ3v) is 3.53. The van der Waals surface area contributed by atoms with E-state index in [0.717, 1.165) is 4.74 Å². The Morgan fingerprint density at radius 2 is 2.10 bits per heavy atom. The van der Waals surface area contributed by atoms with Gasteiger partial charge in [0.05, 0.1) is 12.2 Å². The second-order valence-electron chi connectivity index (χ2n) is 4.83. The Balaban J connectivity index is 1.69. The highest BCUT2D eigenvalue weighted by Crippen LogP contribution is 2.27. The van der Waals surface area contributed by atoms with Gasteiger partial charge in [-0.1, -0.05) is 18.2 Å². The van der Waals surface area contributed by atoms with Gasteiger partial charge in [-0.15, -0.1) is 0 Å². The van der Waals surface area contributed by atoms with Gasteiger partial charge in [0.1, 0.15) is 19.8 Å². The van der Waals surface area contributed by atoms with Crippen LogP contribution in [0.25, 0.3) is 0 Å². The van der Waals surface area contributed by atoms with Crippen molar-refractivity contribution in [3.8, 4) is 0 Å². The summed E-state index contributed by atoms with van der Waals surface area (Å²) in [5.41, 5.74) is 1.02. The number of ether oxygens (including phenoxy) is 3. The molecule has 20 heavy (non-hydrogen) atoms. The van der Waals surface area contributed by atoms with Crippen LogP contribution in [0.3, 0.4) is 0 Å². The lowest BCUT2D eigenvalue weighted by Gasteiger charge is -2.15. The van der Waals surface area contributed by atoms with Gasteiger partial charge < -0.3 is 19.4 Å². The fourth-order valence-corrected chi connectivity index (χ4v) is 2.48. The summed E-state index contributed by atoms with van der Waals surface area (Å²) >= 11 is 0. The molecular weight excluding hydrogens is 262 g/mol. The van der Waals surface area contributed by atoms with Gasteiger partial charge >= 0.3 is 5.97 Å². The van der Waals surface area contributed by atoms with Gasteiger partial charge in [0.25, 0.3) is 0 Å². The monoisotopic (exact) mass is 277 g/mol. The SMILES string of the molecule is C/[N+]([O-])=C1/CO[C@H]2[C@@H]1OC[C@H]2OC(=O)c1ccccc1. The van der Waals surface area contributed by atoms with Crippen LogP contribution in [-0.2, 0) is 14.2 Å². The van der Waals surface area contributed by atoms with Gasteiger partial charge in [-0.3, -0.25) is 0 Å². The fourth-order valence-electron chi connectivity index (χ4n) is 2.48. The molecule has 0 amide bonds. The summed E-state index contributed by atoms with van der Waals surface area (Å²) in [7, 11) is 1.41. The molecule has 1 aromatic carbocycles. The molecule has 2 aliphatic heterocycles. The van der Waals surface area contributed by atoms with Crippen LogP contribution in [0.5, 0.6) is 0 Å². The largest absolute Gasteiger partial charge is 0.624 e. The summed E-state index contributed by atoms with van der Waals surface area (Å²) in [5.74, 6) is -0.410. The Bertz CT molecular complexity index is 538. The van der Waals surface area contributed by atoms with Crippen molar-refractivity contribution in [1.29, 1.82) is 0 Å². The molecule has 2 aliphatic rings. The summed E-state index contributed by atoms with van der Waals surface area (Å²) in [6.45, 7) is 0.458. The van der Waals surface area contributed by atoms with Crippen LogP contribution in [0.1, 0.15) is 10.4 Å². The zero-order valence-corrected chi connectivity index (χ0v) is 11.0. The first kappa shape index (κ1) is 13.1. The van der Waals surface area contributed by atoms with E-state index in [1.54, 1.807) is 24.3 Å². The number of fused-ring (bicyclic) bond motifs is 1. The van der Waals surface area contributed by atoms with E-state index in [4.69, 9.17) is 14.2 Å². The van der Waals surface area contributed by atoms with Gasteiger partial charge in [-0.05, 0) is 12.1 Å². The minimum atomic E-state index is -0.481. The van der Waals surface area contributed by atoms with Crippen molar-refractivity contribution in [1.82, 2.24) is 0 Å². The molecule has 2 saturated heterocycles. The van der Waals surface area contributed by atoms with Crippen LogP contribution >= 0.6 is 0 Å². The summed E-state index contributed by atoms with van der Waals surface area (Å²) < 4.78 is 17.2. The normalized spacial score (nSPS) is 30.9. The first-order valence-corrected chi connectivity index (χ1v) is 6.42. The lowest BCUT2D eigenvalue weighted by molar-refractivity contribution is -0.426. The number of carbonyl (C=O) groups excluding carboxylic acids is 1. The van der Waals surface area contributed by atoms with Gasteiger partial charge in [-0.25, -0.2) is 9.53 Å². The van der Waals surface area contributed by atoms with Crippen LogP contribution < -0.4 is 0 Å². The third kappa shape index (κ3) is 2.28. The van der Waals surface area contributed by atoms with Crippen molar-refractivity contribution in [2.75, 3.05) is 20.3 Å². The van der Waals surface area contributed by atoms with E-state index in [1.165, 1.54) is 7.05 Å². The number of hydrogen-bond acceptors (Lipinski definition) is 5. The Hall–Kier alpha value is -1.92. The van der Waals surface area contributed by atoms with Gasteiger partial charge in [0.2, 0.25) is 5.71 Å². The van der Waals surface area contributed by atoms with Gasteiger partial charge in [-0.2, -0.15) is 0 Å². The first-order valence-electron chi connectivity index (χ1n) is 6.42. The zero-order valence-electron chi connectivity index (χ0n) is 11.0. The average Bonchev–Trinajstić information content (AvgIpc) is 3.02. The van der Waals surface area contributed by atoms with Crippen molar-refractivity contribution in [2.24, 2.45) is 0 Å². The lowest BCUT2D eigenvalue weighted by Crippen LogP contribution is -2.34. The number of carbonyl (C=O) groups is 1. The van der Waals surface area contributed by atoms with Crippen LogP contribution in [0.4, 0.5) is 0 Å². The van der Waals surface area contributed by atoms with E-state index in [-0.39, 0.29) is 13.2 Å². The molecule has 0 N–H and O–H groups in total. The molecule has 0 aliphatic carbocycles. The summed E-state index contributed by atoms with van der Waals surface area (Å²) in [4.78, 5) is 12.0. The van der Waals surface area contributed by atoms with E-state index < -0.39 is 24.3 Å². The van der Waals surface area contributed by atoms with Crippen molar-refractivity contribution in [2.45, 2.75) is 18.3 Å². The number of esters is 1. The second-order valence-corrected chi connectivity index (χ2v) is 4.83. The highest BCUT2D eigenvalue weighted by molar-refractivity contribution is 5.90. The highest BCUT2D eigenvalue weighted by Gasteiger charge is 2.50. The quantitative estimate of drug-likeness (QED) is 0.342. The van der Waals surface area contributed by atoms with Crippen LogP contribution in [0.15, 0.2) is 30.3 Å². The predicted molar refractivity (Wildman–Crippen MR) is 69.7 cm³/mol. The molecule has 6 nitrogen and oxygen atoms in total. The maximum atomic E-state index is 12.0. The Labute approximate surface area is 116 Å². The third-order valence-electron chi connectivity index (χ3n) is 3.53. The number of hydroxylamine groups is 1. The molecule has 3 rings (SSSR count).